The minimum absolute atomic E-state index is 0.501. The molecule has 3 nitrogen and oxygen atoms in total. The van der Waals surface area contributed by atoms with Gasteiger partial charge >= 0.3 is 0 Å². The molecule has 1 aromatic heterocycles. The van der Waals surface area contributed by atoms with Gasteiger partial charge in [0.15, 0.2) is 0 Å². The third-order valence-corrected chi connectivity index (χ3v) is 4.19. The zero-order chi connectivity index (χ0) is 14.8. The first-order valence-corrected chi connectivity index (χ1v) is 8.04. The first-order valence-electron chi connectivity index (χ1n) is 8.04. The van der Waals surface area contributed by atoms with Gasteiger partial charge in [-0.25, -0.2) is 4.98 Å². The number of aromatic nitrogens is 1. The van der Waals surface area contributed by atoms with Crippen molar-refractivity contribution in [1.82, 2.24) is 4.98 Å². The summed E-state index contributed by atoms with van der Waals surface area (Å²) in [5.41, 5.74) is 6.83. The lowest BCUT2D eigenvalue weighted by molar-refractivity contribution is 0.569. The van der Waals surface area contributed by atoms with Crippen molar-refractivity contribution in [2.24, 2.45) is 11.7 Å². The molecule has 0 radical (unpaired) electrons. The summed E-state index contributed by atoms with van der Waals surface area (Å²) >= 11 is 0. The van der Waals surface area contributed by atoms with Gasteiger partial charge in [0.25, 0.3) is 0 Å². The third-order valence-electron chi connectivity index (χ3n) is 4.19. The quantitative estimate of drug-likeness (QED) is 0.878. The molecule has 21 heavy (non-hydrogen) atoms. The van der Waals surface area contributed by atoms with E-state index in [0.29, 0.717) is 12.6 Å². The fourth-order valence-corrected chi connectivity index (χ4v) is 2.80. The second-order valence-corrected chi connectivity index (χ2v) is 6.47. The molecule has 0 saturated heterocycles. The molecule has 1 heterocycles. The predicted molar refractivity (Wildman–Crippen MR) is 89.5 cm³/mol. The Balaban J connectivity index is 2.02. The van der Waals surface area contributed by atoms with Crippen LogP contribution in [0.1, 0.15) is 38.8 Å². The van der Waals surface area contributed by atoms with Crippen molar-refractivity contribution in [3.8, 4) is 0 Å². The van der Waals surface area contributed by atoms with Gasteiger partial charge in [0, 0.05) is 24.5 Å². The van der Waals surface area contributed by atoms with Gasteiger partial charge in [-0.15, -0.1) is 0 Å². The van der Waals surface area contributed by atoms with Crippen LogP contribution in [0.5, 0.6) is 0 Å². The van der Waals surface area contributed by atoms with Crippen LogP contribution in [-0.2, 0) is 6.54 Å². The number of nitrogens with zero attached hydrogens (tertiary/aromatic N) is 2. The zero-order valence-electron chi connectivity index (χ0n) is 13.0. The van der Waals surface area contributed by atoms with Crippen LogP contribution in [0.15, 0.2) is 30.3 Å². The van der Waals surface area contributed by atoms with Gasteiger partial charge in [-0.05, 0) is 36.6 Å². The minimum atomic E-state index is 0.501. The predicted octanol–water partition coefficient (Wildman–Crippen LogP) is 3.71. The molecule has 1 aliphatic rings. The van der Waals surface area contributed by atoms with E-state index in [2.05, 4.69) is 49.1 Å². The van der Waals surface area contributed by atoms with Crippen LogP contribution in [-0.4, -0.2) is 17.6 Å². The van der Waals surface area contributed by atoms with Crippen LogP contribution in [0, 0.1) is 5.92 Å². The topological polar surface area (TPSA) is 42.2 Å². The van der Waals surface area contributed by atoms with Gasteiger partial charge in [0.1, 0.15) is 5.82 Å². The van der Waals surface area contributed by atoms with Crippen LogP contribution in [0.4, 0.5) is 5.82 Å². The second kappa shape index (κ2) is 6.02. The molecule has 1 saturated carbocycles. The van der Waals surface area contributed by atoms with E-state index in [9.17, 15) is 0 Å². The Morgan fingerprint density at radius 3 is 2.71 bits per heavy atom. The van der Waals surface area contributed by atoms with E-state index < -0.39 is 0 Å². The maximum Gasteiger partial charge on any atom is 0.137 e. The summed E-state index contributed by atoms with van der Waals surface area (Å²) in [5, 5.41) is 2.50. The monoisotopic (exact) mass is 283 g/mol. The first kappa shape index (κ1) is 14.3. The molecule has 112 valence electrons. The number of pyridine rings is 1. The van der Waals surface area contributed by atoms with Crippen LogP contribution in [0.3, 0.4) is 0 Å². The van der Waals surface area contributed by atoms with Crippen molar-refractivity contribution in [2.45, 2.75) is 45.7 Å². The molecular weight excluding hydrogens is 258 g/mol. The number of fused-ring (bicyclic) bond motifs is 1. The molecule has 1 fully saturated rings. The Bertz CT molecular complexity index is 617. The molecule has 0 atom stereocenters. The number of hydrogen-bond donors (Lipinski definition) is 1. The van der Waals surface area contributed by atoms with Gasteiger partial charge in [-0.1, -0.05) is 38.1 Å². The molecule has 0 amide bonds. The van der Waals surface area contributed by atoms with E-state index in [1.807, 2.05) is 0 Å². The summed E-state index contributed by atoms with van der Waals surface area (Å²) in [7, 11) is 0. The summed E-state index contributed by atoms with van der Waals surface area (Å²) in [6, 6.07) is 11.3. The van der Waals surface area contributed by atoms with Crippen LogP contribution < -0.4 is 10.6 Å². The smallest absolute Gasteiger partial charge is 0.137 e. The summed E-state index contributed by atoms with van der Waals surface area (Å²) in [5.74, 6) is 1.85. The lowest BCUT2D eigenvalue weighted by Crippen LogP contribution is -2.29. The minimum Gasteiger partial charge on any atom is -0.353 e. The molecule has 2 N–H and O–H groups in total. The van der Waals surface area contributed by atoms with E-state index in [-0.39, 0.29) is 0 Å². The normalized spacial score (nSPS) is 14.9. The molecule has 0 bridgehead atoms. The summed E-state index contributed by atoms with van der Waals surface area (Å²) in [6.45, 7) is 6.16. The summed E-state index contributed by atoms with van der Waals surface area (Å²) < 4.78 is 0. The van der Waals surface area contributed by atoms with Gasteiger partial charge in [0.2, 0.25) is 0 Å². The van der Waals surface area contributed by atoms with E-state index in [0.717, 1.165) is 24.0 Å². The Morgan fingerprint density at radius 2 is 2.05 bits per heavy atom. The molecule has 3 heteroatoms. The van der Waals surface area contributed by atoms with Gasteiger partial charge in [-0.2, -0.15) is 0 Å². The highest BCUT2D eigenvalue weighted by molar-refractivity contribution is 5.92. The Hall–Kier alpha value is -1.61. The molecular formula is C18H25N3. The van der Waals surface area contributed by atoms with Gasteiger partial charge in [-0.3, -0.25) is 0 Å². The van der Waals surface area contributed by atoms with E-state index in [1.54, 1.807) is 0 Å². The maximum atomic E-state index is 5.84. The summed E-state index contributed by atoms with van der Waals surface area (Å²) in [6.07, 6.45) is 3.79. The highest BCUT2D eigenvalue weighted by atomic mass is 15.2. The second-order valence-electron chi connectivity index (χ2n) is 6.47. The van der Waals surface area contributed by atoms with Crippen molar-refractivity contribution in [3.63, 3.8) is 0 Å². The maximum absolute atomic E-state index is 5.84. The van der Waals surface area contributed by atoms with Gasteiger partial charge in [0.05, 0.1) is 5.69 Å². The standard InChI is InChI=1S/C18H25N3/c1-13(2)9-10-21(16-7-8-16)18-17-6-4-3-5-14(17)11-15(12-19)20-18/h3-6,11,13,16H,7-10,12,19H2,1-2H3. The lowest BCUT2D eigenvalue weighted by atomic mass is 10.1. The molecule has 1 aromatic carbocycles. The van der Waals surface area contributed by atoms with Crippen molar-refractivity contribution >= 4 is 16.6 Å². The van der Waals surface area contributed by atoms with Crippen molar-refractivity contribution < 1.29 is 0 Å². The molecule has 0 unspecified atom stereocenters. The Labute approximate surface area is 127 Å². The number of hydrogen-bond acceptors (Lipinski definition) is 3. The van der Waals surface area contributed by atoms with Crippen molar-refractivity contribution in [3.05, 3.63) is 36.0 Å². The van der Waals surface area contributed by atoms with Gasteiger partial charge < -0.3 is 10.6 Å². The fourth-order valence-electron chi connectivity index (χ4n) is 2.80. The number of benzene rings is 1. The van der Waals surface area contributed by atoms with E-state index in [4.69, 9.17) is 10.7 Å². The number of nitrogens with two attached hydrogens (primary N) is 1. The Morgan fingerprint density at radius 1 is 1.29 bits per heavy atom. The highest BCUT2D eigenvalue weighted by Gasteiger charge is 2.30. The lowest BCUT2D eigenvalue weighted by Gasteiger charge is -2.26. The average Bonchev–Trinajstić information content (AvgIpc) is 3.31. The molecule has 0 aliphatic heterocycles. The third kappa shape index (κ3) is 3.18. The van der Waals surface area contributed by atoms with Crippen LogP contribution in [0.25, 0.3) is 10.8 Å². The molecule has 3 rings (SSSR count). The first-order chi connectivity index (χ1) is 10.2. The zero-order valence-corrected chi connectivity index (χ0v) is 13.0. The SMILES string of the molecule is CC(C)CCN(c1nc(CN)cc2ccccc12)C1CC1. The average molecular weight is 283 g/mol. The fraction of sp³-hybridized carbons (Fsp3) is 0.500. The van der Waals surface area contributed by atoms with Crippen LogP contribution in [0.2, 0.25) is 0 Å². The largest absolute Gasteiger partial charge is 0.353 e. The number of rotatable bonds is 6. The summed E-state index contributed by atoms with van der Waals surface area (Å²) in [4.78, 5) is 7.38. The number of anilines is 1. The Kier molecular flexibility index (Phi) is 4.11. The van der Waals surface area contributed by atoms with E-state index >= 15 is 0 Å². The molecule has 0 spiro atoms. The highest BCUT2D eigenvalue weighted by Crippen LogP contribution is 2.35. The van der Waals surface area contributed by atoms with Crippen molar-refractivity contribution in [1.29, 1.82) is 0 Å². The van der Waals surface area contributed by atoms with Crippen LogP contribution >= 0.6 is 0 Å². The van der Waals surface area contributed by atoms with Crippen molar-refractivity contribution in [2.75, 3.05) is 11.4 Å². The molecule has 1 aliphatic carbocycles. The van der Waals surface area contributed by atoms with E-state index in [1.165, 1.54) is 30.0 Å². The molecule has 2 aromatic rings.